The number of Topliss-reactive ketones (excluding diaryl/α,β-unsaturated/α-hetero) is 1. The van der Waals surface area contributed by atoms with E-state index in [0.29, 0.717) is 10.6 Å². The molecule has 0 aromatic heterocycles. The van der Waals surface area contributed by atoms with Crippen molar-refractivity contribution in [3.05, 3.63) is 69.2 Å². The van der Waals surface area contributed by atoms with Gasteiger partial charge in [-0.2, -0.15) is 0 Å². The van der Waals surface area contributed by atoms with Crippen molar-refractivity contribution in [3.8, 4) is 0 Å². The van der Waals surface area contributed by atoms with Crippen LogP contribution in [-0.2, 0) is 0 Å². The fraction of sp³-hybridized carbons (Fsp3) is 0.0714. The molecule has 2 rings (SSSR count). The van der Waals surface area contributed by atoms with Gasteiger partial charge in [-0.1, -0.05) is 55.6 Å². The second-order valence-electron chi connectivity index (χ2n) is 3.79. The Morgan fingerprint density at radius 3 is 2.11 bits per heavy atom. The van der Waals surface area contributed by atoms with Crippen LogP contribution in [0.15, 0.2) is 53.0 Å². The van der Waals surface area contributed by atoms with Crippen LogP contribution < -0.4 is 0 Å². The largest absolute Gasteiger partial charge is 0.293 e. The van der Waals surface area contributed by atoms with E-state index in [0.717, 1.165) is 10.0 Å². The Bertz CT molecular complexity index is 549. The summed E-state index contributed by atoms with van der Waals surface area (Å²) in [5.41, 5.74) is 1.57. The van der Waals surface area contributed by atoms with Gasteiger partial charge in [0, 0.05) is 15.1 Å². The third-order valence-electron chi connectivity index (χ3n) is 2.52. The van der Waals surface area contributed by atoms with Crippen LogP contribution in [0.2, 0.25) is 5.02 Å². The van der Waals surface area contributed by atoms with Crippen LogP contribution in [0.5, 0.6) is 0 Å². The van der Waals surface area contributed by atoms with Gasteiger partial charge in [0.2, 0.25) is 0 Å². The number of ketones is 1. The van der Waals surface area contributed by atoms with E-state index in [1.54, 1.807) is 24.3 Å². The van der Waals surface area contributed by atoms with Crippen molar-refractivity contribution in [3.63, 3.8) is 0 Å². The maximum Gasteiger partial charge on any atom is 0.180 e. The van der Waals surface area contributed by atoms with E-state index >= 15 is 0 Å². The predicted octanol–water partition coefficient (Wildman–Crippen LogP) is 5.42. The average Bonchev–Trinajstić information content (AvgIpc) is 2.39. The number of hydrogen-bond donors (Lipinski definition) is 0. The van der Waals surface area contributed by atoms with Gasteiger partial charge in [0.15, 0.2) is 5.78 Å². The van der Waals surface area contributed by atoms with Crippen LogP contribution in [0.25, 0.3) is 0 Å². The maximum absolute atomic E-state index is 12.2. The Hall–Kier alpha value is -0.640. The summed E-state index contributed by atoms with van der Waals surface area (Å²) in [5.74, 6) is 0.0222. The Morgan fingerprint density at radius 1 is 1.00 bits per heavy atom. The second-order valence-corrected chi connectivity index (χ2v) is 6.05. The van der Waals surface area contributed by atoms with Crippen LogP contribution in [0.3, 0.4) is 0 Å². The topological polar surface area (TPSA) is 17.1 Å². The fourth-order valence-corrected chi connectivity index (χ4v) is 2.50. The van der Waals surface area contributed by atoms with Crippen molar-refractivity contribution in [2.75, 3.05) is 0 Å². The number of alkyl halides is 1. The summed E-state index contributed by atoms with van der Waals surface area (Å²) in [6, 6.07) is 14.6. The monoisotopic (exact) mass is 386 g/mol. The molecule has 0 saturated carbocycles. The first kappa shape index (κ1) is 13.8. The molecule has 0 bridgehead atoms. The summed E-state index contributed by atoms with van der Waals surface area (Å²) in [6.45, 7) is 0. The highest BCUT2D eigenvalue weighted by Crippen LogP contribution is 2.28. The molecule has 0 spiro atoms. The van der Waals surface area contributed by atoms with E-state index in [9.17, 15) is 4.79 Å². The van der Waals surface area contributed by atoms with E-state index in [1.807, 2.05) is 24.3 Å². The molecule has 0 N–H and O–H groups in total. The van der Waals surface area contributed by atoms with Gasteiger partial charge in [0.25, 0.3) is 0 Å². The highest BCUT2D eigenvalue weighted by Gasteiger charge is 2.18. The van der Waals surface area contributed by atoms with Crippen molar-refractivity contribution in [2.24, 2.45) is 0 Å². The van der Waals surface area contributed by atoms with Crippen LogP contribution in [0.4, 0.5) is 0 Å². The molecule has 1 atom stereocenters. The number of hydrogen-bond acceptors (Lipinski definition) is 1. The molecule has 2 aromatic rings. The zero-order valence-electron chi connectivity index (χ0n) is 9.24. The van der Waals surface area contributed by atoms with E-state index in [1.165, 1.54) is 0 Å². The Labute approximate surface area is 127 Å². The number of rotatable bonds is 3. The van der Waals surface area contributed by atoms with Crippen LogP contribution in [0, 0.1) is 0 Å². The predicted molar refractivity (Wildman–Crippen MR) is 81.6 cm³/mol. The van der Waals surface area contributed by atoms with Gasteiger partial charge in [-0.15, -0.1) is 0 Å². The van der Waals surface area contributed by atoms with Crippen LogP contribution in [-0.4, -0.2) is 5.78 Å². The first-order valence-corrected chi connectivity index (χ1v) is 7.36. The molecule has 18 heavy (non-hydrogen) atoms. The van der Waals surface area contributed by atoms with Crippen LogP contribution >= 0.6 is 43.5 Å². The molecule has 4 heteroatoms. The lowest BCUT2D eigenvalue weighted by molar-refractivity contribution is 0.0991. The molecule has 0 amide bonds. The lowest BCUT2D eigenvalue weighted by Crippen LogP contribution is -2.06. The van der Waals surface area contributed by atoms with E-state index in [2.05, 4.69) is 31.9 Å². The molecular weight excluding hydrogens is 379 g/mol. The maximum atomic E-state index is 12.2. The Morgan fingerprint density at radius 2 is 1.56 bits per heavy atom. The van der Waals surface area contributed by atoms with E-state index in [4.69, 9.17) is 11.6 Å². The minimum atomic E-state index is -0.341. The smallest absolute Gasteiger partial charge is 0.180 e. The molecule has 1 nitrogen and oxygen atoms in total. The molecule has 1 unspecified atom stereocenters. The molecule has 0 aliphatic heterocycles. The lowest BCUT2D eigenvalue weighted by atomic mass is 10.0. The highest BCUT2D eigenvalue weighted by molar-refractivity contribution is 9.10. The minimum absolute atomic E-state index is 0.0222. The van der Waals surface area contributed by atoms with Gasteiger partial charge in [0.1, 0.15) is 4.83 Å². The first-order chi connectivity index (χ1) is 8.58. The number of carbonyl (C=O) groups is 1. The molecule has 0 saturated heterocycles. The zero-order valence-corrected chi connectivity index (χ0v) is 13.2. The normalized spacial score (nSPS) is 12.2. The SMILES string of the molecule is O=C(c1ccc(Cl)cc1)C(Br)c1ccc(Br)cc1. The first-order valence-electron chi connectivity index (χ1n) is 5.27. The van der Waals surface area contributed by atoms with Crippen molar-refractivity contribution < 1.29 is 4.79 Å². The summed E-state index contributed by atoms with van der Waals surface area (Å²) in [4.78, 5) is 11.9. The summed E-state index contributed by atoms with van der Waals surface area (Å²) in [7, 11) is 0. The van der Waals surface area contributed by atoms with Crippen LogP contribution in [0.1, 0.15) is 20.7 Å². The second kappa shape index (κ2) is 6.00. The molecular formula is C14H9Br2ClO. The molecule has 0 heterocycles. The van der Waals surface area contributed by atoms with Crippen molar-refractivity contribution in [1.82, 2.24) is 0 Å². The quantitative estimate of drug-likeness (QED) is 0.507. The fourth-order valence-electron chi connectivity index (χ4n) is 1.54. The number of halogens is 3. The van der Waals surface area contributed by atoms with Gasteiger partial charge in [-0.05, 0) is 42.0 Å². The van der Waals surface area contributed by atoms with Gasteiger partial charge in [-0.3, -0.25) is 4.79 Å². The van der Waals surface area contributed by atoms with Crippen molar-refractivity contribution >= 4 is 49.2 Å². The van der Waals surface area contributed by atoms with Gasteiger partial charge in [0.05, 0.1) is 0 Å². The van der Waals surface area contributed by atoms with Gasteiger partial charge in [-0.25, -0.2) is 0 Å². The van der Waals surface area contributed by atoms with Crippen molar-refractivity contribution in [2.45, 2.75) is 4.83 Å². The van der Waals surface area contributed by atoms with Gasteiger partial charge < -0.3 is 0 Å². The molecule has 2 aromatic carbocycles. The molecule has 0 radical (unpaired) electrons. The molecule has 0 aliphatic rings. The average molecular weight is 388 g/mol. The third kappa shape index (κ3) is 3.22. The standard InChI is InChI=1S/C14H9Br2ClO/c15-11-5-1-9(2-6-11)13(16)14(18)10-3-7-12(17)8-4-10/h1-8,13H. The van der Waals surface area contributed by atoms with E-state index in [-0.39, 0.29) is 10.6 Å². The Balaban J connectivity index is 2.23. The number of benzene rings is 2. The lowest BCUT2D eigenvalue weighted by Gasteiger charge is -2.09. The molecule has 0 aliphatic carbocycles. The summed E-state index contributed by atoms with van der Waals surface area (Å²) in [5, 5.41) is 0.626. The molecule has 92 valence electrons. The number of carbonyl (C=O) groups excluding carboxylic acids is 1. The zero-order chi connectivity index (χ0) is 13.1. The third-order valence-corrected chi connectivity index (χ3v) is 4.25. The minimum Gasteiger partial charge on any atom is -0.293 e. The van der Waals surface area contributed by atoms with Gasteiger partial charge >= 0.3 is 0 Å². The summed E-state index contributed by atoms with van der Waals surface area (Å²) >= 11 is 12.6. The van der Waals surface area contributed by atoms with E-state index < -0.39 is 0 Å². The summed E-state index contributed by atoms with van der Waals surface area (Å²) in [6.07, 6.45) is 0. The summed E-state index contributed by atoms with van der Waals surface area (Å²) < 4.78 is 0.991. The van der Waals surface area contributed by atoms with Crippen molar-refractivity contribution in [1.29, 1.82) is 0 Å². The molecule has 0 fully saturated rings. The Kier molecular flexibility index (Phi) is 4.60. The highest BCUT2D eigenvalue weighted by atomic mass is 79.9.